The van der Waals surface area contributed by atoms with Gasteiger partial charge in [-0.05, 0) is 49.0 Å². The van der Waals surface area contributed by atoms with E-state index in [1.807, 2.05) is 24.3 Å². The predicted molar refractivity (Wildman–Crippen MR) is 156 cm³/mol. The molecule has 1 saturated heterocycles. The van der Waals surface area contributed by atoms with E-state index in [1.165, 1.54) is 11.0 Å². The molecule has 2 aromatic rings. The number of carbonyl (C=O) groups is 3. The lowest BCUT2D eigenvalue weighted by Gasteiger charge is -2.21. The summed E-state index contributed by atoms with van der Waals surface area (Å²) in [5, 5.41) is 11.5. The number of carboxylic acid groups (broad SMARTS) is 1. The summed E-state index contributed by atoms with van der Waals surface area (Å²) in [5.41, 5.74) is 2.43. The number of alkyl carbamates (subject to hydrolysis) is 1. The SMILES string of the molecule is C=Cc1nc(-c2cccc(/C=C/CCOC(=O)NCC(=O)N3CCCC3C(=O)O)c2)c(=O)[nH]c1C=C.CC(C)C. The number of carbonyl (C=O) groups excluding carboxylic acids is 2. The Hall–Kier alpha value is -4.47. The Bertz CT molecular complexity index is 1290. The molecular weight excluding hydrogens is 512 g/mol. The number of rotatable bonds is 10. The van der Waals surface area contributed by atoms with Crippen molar-refractivity contribution in [1.82, 2.24) is 20.2 Å². The lowest BCUT2D eigenvalue weighted by molar-refractivity contribution is -0.147. The Kier molecular flexibility index (Phi) is 12.6. The van der Waals surface area contributed by atoms with Crippen LogP contribution in [0.1, 0.15) is 57.0 Å². The highest BCUT2D eigenvalue weighted by Crippen LogP contribution is 2.19. The largest absolute Gasteiger partial charge is 0.480 e. The molecule has 2 amide bonds. The number of carboxylic acids is 1. The van der Waals surface area contributed by atoms with Crippen molar-refractivity contribution in [2.45, 2.75) is 46.1 Å². The standard InChI is InChI=1S/C26H28N4O6.C4H10/c1-3-19-20(4-2)29-24(32)23(28-19)18-11-7-10-17(15-18)9-5-6-14-36-26(35)27-16-22(31)30-13-8-12-21(30)25(33)34;1-4(2)3/h3-5,7,9-11,15,21H,1-2,6,8,12-14,16H2,(H,27,35)(H,29,32)(H,33,34);4H,1-3H3/b9-5+;. The van der Waals surface area contributed by atoms with Gasteiger partial charge in [-0.25, -0.2) is 14.6 Å². The zero-order valence-electron chi connectivity index (χ0n) is 23.3. The number of H-pyrrole nitrogens is 1. The number of ether oxygens (including phenoxy) is 1. The molecule has 0 spiro atoms. The smallest absolute Gasteiger partial charge is 0.407 e. The molecule has 1 fully saturated rings. The molecule has 0 saturated carbocycles. The number of hydrogen-bond donors (Lipinski definition) is 3. The first kappa shape index (κ1) is 31.7. The highest BCUT2D eigenvalue weighted by molar-refractivity contribution is 5.87. The molecular formula is C30H38N4O6. The number of nitrogens with zero attached hydrogens (tertiary/aromatic N) is 2. The second-order valence-electron chi connectivity index (χ2n) is 9.74. The summed E-state index contributed by atoms with van der Waals surface area (Å²) in [7, 11) is 0. The molecule has 10 heteroatoms. The minimum absolute atomic E-state index is 0.0879. The number of nitrogens with one attached hydrogen (secondary N) is 2. The van der Waals surface area contributed by atoms with E-state index in [4.69, 9.17) is 9.84 Å². The van der Waals surface area contributed by atoms with E-state index in [1.54, 1.807) is 18.2 Å². The number of aromatic nitrogens is 2. The van der Waals surface area contributed by atoms with Gasteiger partial charge in [-0.15, -0.1) is 0 Å². The van der Waals surface area contributed by atoms with Crippen molar-refractivity contribution in [3.63, 3.8) is 0 Å². The highest BCUT2D eigenvalue weighted by atomic mass is 16.5. The third-order valence-corrected chi connectivity index (χ3v) is 5.60. The maximum absolute atomic E-state index is 12.4. The normalized spacial score (nSPS) is 14.4. The zero-order chi connectivity index (χ0) is 29.7. The average Bonchev–Trinajstić information content (AvgIpc) is 3.42. The van der Waals surface area contributed by atoms with Gasteiger partial charge in [0.2, 0.25) is 5.91 Å². The van der Waals surface area contributed by atoms with Gasteiger partial charge in [0.25, 0.3) is 5.56 Å². The van der Waals surface area contributed by atoms with Crippen LogP contribution in [-0.2, 0) is 14.3 Å². The first-order valence-electron chi connectivity index (χ1n) is 13.2. The van der Waals surface area contributed by atoms with Gasteiger partial charge in [0.15, 0.2) is 0 Å². The van der Waals surface area contributed by atoms with Gasteiger partial charge in [0.1, 0.15) is 18.3 Å². The highest BCUT2D eigenvalue weighted by Gasteiger charge is 2.33. The molecule has 1 unspecified atom stereocenters. The summed E-state index contributed by atoms with van der Waals surface area (Å²) in [5.74, 6) is -0.666. The fourth-order valence-electron chi connectivity index (χ4n) is 3.83. The number of hydrogen-bond acceptors (Lipinski definition) is 6. The van der Waals surface area contributed by atoms with Crippen LogP contribution in [0.25, 0.3) is 29.5 Å². The molecule has 214 valence electrons. The first-order valence-corrected chi connectivity index (χ1v) is 13.2. The van der Waals surface area contributed by atoms with Crippen molar-refractivity contribution in [3.8, 4) is 11.3 Å². The van der Waals surface area contributed by atoms with Crippen LogP contribution in [0.15, 0.2) is 48.3 Å². The van der Waals surface area contributed by atoms with Crippen molar-refractivity contribution < 1.29 is 24.2 Å². The van der Waals surface area contributed by atoms with Crippen LogP contribution in [-0.4, -0.2) is 63.7 Å². The van der Waals surface area contributed by atoms with Gasteiger partial charge in [-0.1, -0.05) is 64.3 Å². The predicted octanol–water partition coefficient (Wildman–Crippen LogP) is 4.59. The van der Waals surface area contributed by atoms with Crippen LogP contribution in [0.2, 0.25) is 0 Å². The molecule has 0 bridgehead atoms. The molecule has 1 aromatic heterocycles. The minimum atomic E-state index is -1.05. The van der Waals surface area contributed by atoms with Gasteiger partial charge in [-0.2, -0.15) is 0 Å². The number of amides is 2. The molecule has 0 radical (unpaired) electrons. The lowest BCUT2D eigenvalue weighted by atomic mass is 10.1. The van der Waals surface area contributed by atoms with Gasteiger partial charge in [0, 0.05) is 12.1 Å². The molecule has 10 nitrogen and oxygen atoms in total. The van der Waals surface area contributed by atoms with Crippen molar-refractivity contribution in [2.75, 3.05) is 19.7 Å². The maximum Gasteiger partial charge on any atom is 0.407 e. The van der Waals surface area contributed by atoms with E-state index < -0.39 is 24.0 Å². The second-order valence-corrected chi connectivity index (χ2v) is 9.74. The van der Waals surface area contributed by atoms with Gasteiger partial charge >= 0.3 is 12.1 Å². The quantitative estimate of drug-likeness (QED) is 0.367. The number of benzene rings is 1. The van der Waals surface area contributed by atoms with Gasteiger partial charge < -0.3 is 25.0 Å². The lowest BCUT2D eigenvalue weighted by Crippen LogP contribution is -2.45. The zero-order valence-corrected chi connectivity index (χ0v) is 23.3. The minimum Gasteiger partial charge on any atom is -0.480 e. The second kappa shape index (κ2) is 15.8. The van der Waals surface area contributed by atoms with Crippen molar-refractivity contribution in [2.24, 2.45) is 5.92 Å². The monoisotopic (exact) mass is 550 g/mol. The summed E-state index contributed by atoms with van der Waals surface area (Å²) < 4.78 is 5.06. The third kappa shape index (κ3) is 9.68. The molecule has 2 heterocycles. The summed E-state index contributed by atoms with van der Waals surface area (Å²) >= 11 is 0. The summed E-state index contributed by atoms with van der Waals surface area (Å²) in [6.45, 7) is 14.0. The molecule has 1 aliphatic heterocycles. The third-order valence-electron chi connectivity index (χ3n) is 5.60. The van der Waals surface area contributed by atoms with Crippen molar-refractivity contribution in [3.05, 3.63) is 70.8 Å². The topological polar surface area (TPSA) is 142 Å². The average molecular weight is 551 g/mol. The van der Waals surface area contributed by atoms with E-state index in [9.17, 15) is 19.2 Å². The Balaban J connectivity index is 0.00000131. The van der Waals surface area contributed by atoms with Gasteiger partial charge in [-0.3, -0.25) is 9.59 Å². The van der Waals surface area contributed by atoms with Crippen LogP contribution in [0.4, 0.5) is 4.79 Å². The molecule has 0 aliphatic carbocycles. The van der Waals surface area contributed by atoms with E-state index in [0.29, 0.717) is 42.8 Å². The van der Waals surface area contributed by atoms with Crippen LogP contribution in [0, 0.1) is 5.92 Å². The van der Waals surface area contributed by atoms with E-state index >= 15 is 0 Å². The first-order chi connectivity index (χ1) is 19.1. The summed E-state index contributed by atoms with van der Waals surface area (Å²) in [4.78, 5) is 56.0. The fraction of sp³-hybridized carbons (Fsp3) is 0.367. The van der Waals surface area contributed by atoms with E-state index in [0.717, 1.165) is 11.5 Å². The van der Waals surface area contributed by atoms with E-state index in [-0.39, 0.29) is 24.4 Å². The van der Waals surface area contributed by atoms with Crippen LogP contribution in [0.3, 0.4) is 0 Å². The van der Waals surface area contributed by atoms with Crippen LogP contribution in [0.5, 0.6) is 0 Å². The number of likely N-dealkylation sites (tertiary alicyclic amines) is 1. The molecule has 1 aromatic carbocycles. The van der Waals surface area contributed by atoms with Crippen LogP contribution < -0.4 is 10.9 Å². The Morgan fingerprint density at radius 2 is 1.98 bits per heavy atom. The Labute approximate surface area is 234 Å². The number of aromatic amines is 1. The molecule has 40 heavy (non-hydrogen) atoms. The number of aliphatic carboxylic acids is 1. The summed E-state index contributed by atoms with van der Waals surface area (Å²) in [6.07, 6.45) is 7.39. The van der Waals surface area contributed by atoms with Crippen molar-refractivity contribution in [1.29, 1.82) is 0 Å². The van der Waals surface area contributed by atoms with E-state index in [2.05, 4.69) is 49.2 Å². The Morgan fingerprint density at radius 3 is 2.62 bits per heavy atom. The fourth-order valence-corrected chi connectivity index (χ4v) is 3.83. The molecule has 1 aliphatic rings. The van der Waals surface area contributed by atoms with Crippen LogP contribution >= 0.6 is 0 Å². The summed E-state index contributed by atoms with van der Waals surface area (Å²) in [6, 6.07) is 6.43. The Morgan fingerprint density at radius 1 is 1.25 bits per heavy atom. The van der Waals surface area contributed by atoms with Crippen molar-refractivity contribution >= 4 is 36.2 Å². The van der Waals surface area contributed by atoms with Gasteiger partial charge in [0.05, 0.1) is 18.0 Å². The molecule has 3 rings (SSSR count). The molecule has 3 N–H and O–H groups in total. The molecule has 1 atom stereocenters. The maximum atomic E-state index is 12.4.